The van der Waals surface area contributed by atoms with Crippen molar-refractivity contribution in [3.05, 3.63) is 52.6 Å². The van der Waals surface area contributed by atoms with E-state index in [1.54, 1.807) is 11.3 Å². The van der Waals surface area contributed by atoms with Gasteiger partial charge >= 0.3 is 0 Å². The quantitative estimate of drug-likeness (QED) is 0.765. The molecular weight excluding hydrogens is 318 g/mol. The van der Waals surface area contributed by atoms with Gasteiger partial charge < -0.3 is 5.32 Å². The van der Waals surface area contributed by atoms with E-state index in [0.717, 1.165) is 39.3 Å². The number of thiophene rings is 1. The number of fused-ring (bicyclic) bond motifs is 1. The van der Waals surface area contributed by atoms with E-state index in [4.69, 9.17) is 4.98 Å². The molecule has 0 radical (unpaired) electrons. The number of nitrogens with zero attached hydrogens (tertiary/aromatic N) is 2. The number of hydrogen-bond acceptors (Lipinski definition) is 4. The van der Waals surface area contributed by atoms with E-state index in [2.05, 4.69) is 31.3 Å². The Morgan fingerprint density at radius 3 is 2.71 bits per heavy atom. The number of hydrogen-bond donors (Lipinski definition) is 1. The molecule has 2 heterocycles. The molecule has 0 unspecified atom stereocenters. The molecule has 24 heavy (non-hydrogen) atoms. The Hall–Kier alpha value is -1.98. The lowest BCUT2D eigenvalue weighted by Gasteiger charge is -2.13. The summed E-state index contributed by atoms with van der Waals surface area (Å²) in [4.78, 5) is 19.8. The van der Waals surface area contributed by atoms with Gasteiger partial charge in [0.05, 0.1) is 11.9 Å². The van der Waals surface area contributed by atoms with Gasteiger partial charge in [-0.1, -0.05) is 44.2 Å². The molecule has 1 saturated carbocycles. The van der Waals surface area contributed by atoms with Crippen LogP contribution in [0.3, 0.4) is 0 Å². The van der Waals surface area contributed by atoms with Crippen molar-refractivity contribution < 1.29 is 0 Å². The van der Waals surface area contributed by atoms with Gasteiger partial charge in [-0.25, -0.2) is 4.98 Å². The highest BCUT2D eigenvalue weighted by Crippen LogP contribution is 2.36. The summed E-state index contributed by atoms with van der Waals surface area (Å²) < 4.78 is 1.92. The standard InChI is InChI=1S/C19H21N3OS/c1-12(2)20-11-17-21-18-15(19(23)22(17)14-8-9-14)10-16(24-18)13-6-4-3-5-7-13/h3-7,10,12,14,20H,8-9,11H2,1-2H3. The van der Waals surface area contributed by atoms with Crippen LogP contribution in [0, 0.1) is 0 Å². The fraction of sp³-hybridized carbons (Fsp3) is 0.368. The van der Waals surface area contributed by atoms with Gasteiger partial charge in [0.15, 0.2) is 0 Å². The number of aromatic nitrogens is 2. The monoisotopic (exact) mass is 339 g/mol. The van der Waals surface area contributed by atoms with Crippen molar-refractivity contribution in [1.82, 2.24) is 14.9 Å². The molecule has 0 aliphatic heterocycles. The van der Waals surface area contributed by atoms with E-state index in [-0.39, 0.29) is 5.56 Å². The first-order valence-corrected chi connectivity index (χ1v) is 9.29. The summed E-state index contributed by atoms with van der Waals surface area (Å²) in [6.07, 6.45) is 2.16. The van der Waals surface area contributed by atoms with E-state index in [1.165, 1.54) is 0 Å². The van der Waals surface area contributed by atoms with Crippen molar-refractivity contribution in [3.8, 4) is 10.4 Å². The molecule has 1 aromatic carbocycles. The Morgan fingerprint density at radius 1 is 1.29 bits per heavy atom. The van der Waals surface area contributed by atoms with Crippen LogP contribution in [0.4, 0.5) is 0 Å². The van der Waals surface area contributed by atoms with Crippen molar-refractivity contribution in [1.29, 1.82) is 0 Å². The fourth-order valence-corrected chi connectivity index (χ4v) is 3.96. The SMILES string of the molecule is CC(C)NCc1nc2sc(-c3ccccc3)cc2c(=O)n1C1CC1. The van der Waals surface area contributed by atoms with Gasteiger partial charge in [0.2, 0.25) is 0 Å². The normalized spacial score (nSPS) is 14.6. The van der Waals surface area contributed by atoms with Crippen molar-refractivity contribution >= 4 is 21.6 Å². The van der Waals surface area contributed by atoms with E-state index in [9.17, 15) is 4.79 Å². The Balaban J connectivity index is 1.84. The topological polar surface area (TPSA) is 46.9 Å². The second-order valence-electron chi connectivity index (χ2n) is 6.67. The van der Waals surface area contributed by atoms with Crippen molar-refractivity contribution in [2.45, 2.75) is 45.3 Å². The van der Waals surface area contributed by atoms with Gasteiger partial charge in [-0.05, 0) is 24.5 Å². The predicted octanol–water partition coefficient (Wildman–Crippen LogP) is 3.96. The molecule has 1 N–H and O–H groups in total. The Labute approximate surface area is 145 Å². The fourth-order valence-electron chi connectivity index (χ4n) is 2.91. The van der Waals surface area contributed by atoms with Gasteiger partial charge in [0, 0.05) is 17.0 Å². The van der Waals surface area contributed by atoms with E-state index >= 15 is 0 Å². The molecule has 2 aromatic heterocycles. The highest BCUT2D eigenvalue weighted by Gasteiger charge is 2.28. The minimum atomic E-state index is 0.112. The molecule has 0 spiro atoms. The van der Waals surface area contributed by atoms with Crippen LogP contribution >= 0.6 is 11.3 Å². The average molecular weight is 339 g/mol. The van der Waals surface area contributed by atoms with Crippen LogP contribution in [-0.4, -0.2) is 15.6 Å². The highest BCUT2D eigenvalue weighted by molar-refractivity contribution is 7.21. The van der Waals surface area contributed by atoms with Gasteiger partial charge in [-0.15, -0.1) is 11.3 Å². The maximum absolute atomic E-state index is 13.0. The number of rotatable bonds is 5. The third kappa shape index (κ3) is 2.89. The van der Waals surface area contributed by atoms with Crippen LogP contribution in [-0.2, 0) is 6.54 Å². The minimum Gasteiger partial charge on any atom is -0.308 e. The van der Waals surface area contributed by atoms with Crippen LogP contribution in [0.2, 0.25) is 0 Å². The second kappa shape index (κ2) is 6.15. The zero-order chi connectivity index (χ0) is 16.7. The molecule has 1 aliphatic rings. The number of benzene rings is 1. The lowest BCUT2D eigenvalue weighted by atomic mass is 10.2. The first-order valence-electron chi connectivity index (χ1n) is 8.47. The van der Waals surface area contributed by atoms with Gasteiger partial charge in [-0.2, -0.15) is 0 Å². The van der Waals surface area contributed by atoms with E-state index in [0.29, 0.717) is 18.6 Å². The molecule has 0 atom stereocenters. The summed E-state index contributed by atoms with van der Waals surface area (Å²) in [5.74, 6) is 0.866. The van der Waals surface area contributed by atoms with Crippen LogP contribution in [0.15, 0.2) is 41.2 Å². The summed E-state index contributed by atoms with van der Waals surface area (Å²) >= 11 is 1.60. The molecule has 1 fully saturated rings. The highest BCUT2D eigenvalue weighted by atomic mass is 32.1. The molecule has 0 bridgehead atoms. The average Bonchev–Trinajstić information content (AvgIpc) is 3.31. The van der Waals surface area contributed by atoms with Gasteiger partial charge in [-0.3, -0.25) is 9.36 Å². The molecule has 4 nitrogen and oxygen atoms in total. The molecule has 4 rings (SSSR count). The lowest BCUT2D eigenvalue weighted by molar-refractivity contribution is 0.536. The third-order valence-electron chi connectivity index (χ3n) is 4.31. The van der Waals surface area contributed by atoms with E-state index in [1.807, 2.05) is 28.8 Å². The smallest absolute Gasteiger partial charge is 0.262 e. The summed E-state index contributed by atoms with van der Waals surface area (Å²) in [5, 5.41) is 4.15. The summed E-state index contributed by atoms with van der Waals surface area (Å²) in [6.45, 7) is 4.85. The second-order valence-corrected chi connectivity index (χ2v) is 7.70. The van der Waals surface area contributed by atoms with Crippen molar-refractivity contribution in [2.24, 2.45) is 0 Å². The molecule has 5 heteroatoms. The molecule has 0 saturated heterocycles. The van der Waals surface area contributed by atoms with E-state index < -0.39 is 0 Å². The molecule has 0 amide bonds. The molecular formula is C19H21N3OS. The summed E-state index contributed by atoms with van der Waals surface area (Å²) in [7, 11) is 0. The first kappa shape index (κ1) is 15.5. The zero-order valence-corrected chi connectivity index (χ0v) is 14.8. The largest absolute Gasteiger partial charge is 0.308 e. The van der Waals surface area contributed by atoms with Gasteiger partial charge in [0.1, 0.15) is 10.7 Å². The lowest BCUT2D eigenvalue weighted by Crippen LogP contribution is -2.30. The van der Waals surface area contributed by atoms with Crippen LogP contribution in [0.1, 0.15) is 38.6 Å². The zero-order valence-electron chi connectivity index (χ0n) is 14.0. The Bertz CT molecular complexity index is 923. The molecule has 1 aliphatic carbocycles. The van der Waals surface area contributed by atoms with Crippen LogP contribution in [0.25, 0.3) is 20.7 Å². The third-order valence-corrected chi connectivity index (χ3v) is 5.39. The Kier molecular flexibility index (Phi) is 3.98. The maximum Gasteiger partial charge on any atom is 0.262 e. The molecule has 3 aromatic rings. The van der Waals surface area contributed by atoms with Crippen molar-refractivity contribution in [3.63, 3.8) is 0 Å². The summed E-state index contributed by atoms with van der Waals surface area (Å²) in [5.41, 5.74) is 1.25. The minimum absolute atomic E-state index is 0.112. The van der Waals surface area contributed by atoms with Gasteiger partial charge in [0.25, 0.3) is 5.56 Å². The maximum atomic E-state index is 13.0. The number of nitrogens with one attached hydrogen (secondary N) is 1. The summed E-state index contributed by atoms with van der Waals surface area (Å²) in [6, 6.07) is 12.9. The van der Waals surface area contributed by atoms with Crippen LogP contribution < -0.4 is 10.9 Å². The molecule has 124 valence electrons. The Morgan fingerprint density at radius 2 is 2.04 bits per heavy atom. The first-order chi connectivity index (χ1) is 11.6. The van der Waals surface area contributed by atoms with Crippen molar-refractivity contribution in [2.75, 3.05) is 0 Å². The van der Waals surface area contributed by atoms with Crippen LogP contribution in [0.5, 0.6) is 0 Å². The predicted molar refractivity (Wildman–Crippen MR) is 99.6 cm³/mol.